The number of carbonyl (C=O) groups is 1. The molecule has 1 amide bonds. The summed E-state index contributed by atoms with van der Waals surface area (Å²) in [5.74, 6) is -1.39. The van der Waals surface area contributed by atoms with Crippen LogP contribution in [0.4, 0.5) is 17.6 Å². The second-order valence-electron chi connectivity index (χ2n) is 9.25. The topological polar surface area (TPSA) is 41.6 Å². The van der Waals surface area contributed by atoms with Gasteiger partial charge in [0.2, 0.25) is 0 Å². The van der Waals surface area contributed by atoms with Crippen LogP contribution >= 0.6 is 27.5 Å². The summed E-state index contributed by atoms with van der Waals surface area (Å²) in [5.41, 5.74) is -2.74. The Hall–Kier alpha value is -1.68. The van der Waals surface area contributed by atoms with Gasteiger partial charge >= 0.3 is 6.18 Å². The van der Waals surface area contributed by atoms with Gasteiger partial charge in [-0.1, -0.05) is 39.7 Å². The minimum absolute atomic E-state index is 0.0577. The minimum Gasteiger partial charge on any atom is -0.356 e. The summed E-state index contributed by atoms with van der Waals surface area (Å²) in [6, 6.07) is 10.2. The third-order valence-corrected chi connectivity index (χ3v) is 8.16. The van der Waals surface area contributed by atoms with Gasteiger partial charge in [0.25, 0.3) is 11.5 Å². The molecule has 2 aliphatic rings. The molecule has 2 aromatic rings. The molecule has 4 rings (SSSR count). The van der Waals surface area contributed by atoms with Gasteiger partial charge in [-0.25, -0.2) is 4.39 Å². The summed E-state index contributed by atoms with van der Waals surface area (Å²) < 4.78 is 62.4. The summed E-state index contributed by atoms with van der Waals surface area (Å²) in [4.78, 5) is 14.8. The normalized spacial score (nSPS) is 22.1. The lowest BCUT2D eigenvalue weighted by molar-refractivity contribution is -0.271. The van der Waals surface area contributed by atoms with Crippen LogP contribution in [-0.4, -0.2) is 50.3 Å². The summed E-state index contributed by atoms with van der Waals surface area (Å²) in [6.07, 6.45) is -3.10. The van der Waals surface area contributed by atoms with Crippen LogP contribution < -0.4 is 5.32 Å². The highest BCUT2D eigenvalue weighted by Crippen LogP contribution is 2.50. The molecule has 2 aliphatic heterocycles. The van der Waals surface area contributed by atoms with Crippen LogP contribution in [0.2, 0.25) is 5.02 Å². The minimum atomic E-state index is -5.01. The summed E-state index contributed by atoms with van der Waals surface area (Å²) in [5, 5.41) is 3.44. The second-order valence-corrected chi connectivity index (χ2v) is 10.6. The standard InChI is InChI=1S/C25H26BrClF4N2O2/c1-35-24(25(29,30)31,17-12-18(26)14-19(27)13-17)22(34)33-10-7-23(8-11-33)6-9-32-15-21(23)16-2-4-20(28)5-3-16/h2-5,12-14,21,32H,6-11,15H2,1H3/t21-,24-/m0/s1. The summed E-state index contributed by atoms with van der Waals surface area (Å²) in [7, 11) is 0.892. The summed E-state index contributed by atoms with van der Waals surface area (Å²) in [6.45, 7) is 1.81. The van der Waals surface area contributed by atoms with Crippen molar-refractivity contribution in [3.05, 3.63) is 68.9 Å². The molecule has 0 saturated carbocycles. The fraction of sp³-hybridized carbons (Fsp3) is 0.480. The van der Waals surface area contributed by atoms with E-state index < -0.39 is 17.7 Å². The number of hydrogen-bond acceptors (Lipinski definition) is 3. The molecule has 2 heterocycles. The first-order valence-corrected chi connectivity index (χ1v) is 12.5. The number of nitrogens with one attached hydrogen (secondary N) is 1. The number of amides is 1. The Morgan fingerprint density at radius 1 is 1.14 bits per heavy atom. The van der Waals surface area contributed by atoms with Crippen LogP contribution in [0.1, 0.15) is 36.3 Å². The molecule has 1 spiro atoms. The molecule has 0 radical (unpaired) electrons. The van der Waals surface area contributed by atoms with Gasteiger partial charge in [0.1, 0.15) is 5.82 Å². The number of piperidine rings is 2. The molecule has 35 heavy (non-hydrogen) atoms. The van der Waals surface area contributed by atoms with Crippen LogP contribution in [0, 0.1) is 11.2 Å². The monoisotopic (exact) mass is 576 g/mol. The molecule has 2 atom stereocenters. The molecule has 0 aliphatic carbocycles. The molecule has 2 aromatic carbocycles. The zero-order valence-electron chi connectivity index (χ0n) is 19.1. The van der Waals surface area contributed by atoms with Crippen molar-refractivity contribution in [3.8, 4) is 0 Å². The molecule has 2 saturated heterocycles. The Morgan fingerprint density at radius 2 is 1.80 bits per heavy atom. The molecular weight excluding hydrogens is 552 g/mol. The van der Waals surface area contributed by atoms with E-state index >= 15 is 0 Å². The first-order chi connectivity index (χ1) is 16.5. The predicted molar refractivity (Wildman–Crippen MR) is 129 cm³/mol. The van der Waals surface area contributed by atoms with Gasteiger partial charge in [-0.3, -0.25) is 4.79 Å². The highest BCUT2D eigenvalue weighted by molar-refractivity contribution is 9.10. The second kappa shape index (κ2) is 10.00. The smallest absolute Gasteiger partial charge is 0.356 e. The van der Waals surface area contributed by atoms with Crippen molar-refractivity contribution in [2.24, 2.45) is 5.41 Å². The number of halogens is 6. The average Bonchev–Trinajstić information content (AvgIpc) is 2.80. The van der Waals surface area contributed by atoms with Gasteiger partial charge < -0.3 is 15.0 Å². The maximum Gasteiger partial charge on any atom is 0.430 e. The van der Waals surface area contributed by atoms with Gasteiger partial charge in [-0.15, -0.1) is 0 Å². The molecule has 2 fully saturated rings. The fourth-order valence-electron chi connectivity index (χ4n) is 5.60. The lowest BCUT2D eigenvalue weighted by atomic mass is 9.62. The van der Waals surface area contributed by atoms with E-state index in [9.17, 15) is 22.4 Å². The van der Waals surface area contributed by atoms with Gasteiger partial charge in [0.15, 0.2) is 0 Å². The Labute approximate surface area is 215 Å². The Morgan fingerprint density at radius 3 is 2.37 bits per heavy atom. The van der Waals surface area contributed by atoms with E-state index in [2.05, 4.69) is 21.2 Å². The van der Waals surface area contributed by atoms with Gasteiger partial charge in [0, 0.05) is 47.7 Å². The molecule has 1 N–H and O–H groups in total. The van der Waals surface area contributed by atoms with E-state index in [-0.39, 0.29) is 40.8 Å². The average molecular weight is 578 g/mol. The van der Waals surface area contributed by atoms with Crippen molar-refractivity contribution in [1.29, 1.82) is 0 Å². The molecule has 190 valence electrons. The number of carbonyl (C=O) groups excluding carboxylic acids is 1. The number of nitrogens with zero attached hydrogens (tertiary/aromatic N) is 1. The van der Waals surface area contributed by atoms with Gasteiger partial charge in [-0.05, 0) is 67.1 Å². The maximum atomic E-state index is 14.5. The van der Waals surface area contributed by atoms with Crippen molar-refractivity contribution in [2.45, 2.75) is 37.0 Å². The van der Waals surface area contributed by atoms with Crippen molar-refractivity contribution < 1.29 is 27.1 Å². The SMILES string of the molecule is CO[C@](C(=O)N1CCC2(CCNC[C@H]2c2ccc(F)cc2)CC1)(c1cc(Cl)cc(Br)c1)C(F)(F)F. The highest BCUT2D eigenvalue weighted by atomic mass is 79.9. The van der Waals surface area contributed by atoms with E-state index in [1.54, 1.807) is 12.1 Å². The Balaban J connectivity index is 1.62. The number of hydrogen-bond donors (Lipinski definition) is 1. The Kier molecular flexibility index (Phi) is 7.53. The third-order valence-electron chi connectivity index (χ3n) is 7.48. The zero-order chi connectivity index (χ0) is 25.4. The van der Waals surface area contributed by atoms with E-state index in [1.807, 2.05) is 0 Å². The largest absolute Gasteiger partial charge is 0.430 e. The molecule has 10 heteroatoms. The van der Waals surface area contributed by atoms with E-state index in [1.165, 1.54) is 29.2 Å². The van der Waals surface area contributed by atoms with Crippen LogP contribution in [-0.2, 0) is 15.1 Å². The van der Waals surface area contributed by atoms with Gasteiger partial charge in [0.05, 0.1) is 0 Å². The lowest BCUT2D eigenvalue weighted by Crippen LogP contribution is -2.59. The highest BCUT2D eigenvalue weighted by Gasteiger charge is 2.64. The van der Waals surface area contributed by atoms with Crippen molar-refractivity contribution >= 4 is 33.4 Å². The lowest BCUT2D eigenvalue weighted by Gasteiger charge is -2.50. The molecule has 0 unspecified atom stereocenters. The van der Waals surface area contributed by atoms with Crippen molar-refractivity contribution in [3.63, 3.8) is 0 Å². The fourth-order valence-corrected chi connectivity index (χ4v) is 6.46. The Bertz CT molecular complexity index is 1050. The van der Waals surface area contributed by atoms with E-state index in [0.29, 0.717) is 23.9 Å². The number of ether oxygens (including phenoxy) is 1. The van der Waals surface area contributed by atoms with E-state index in [4.69, 9.17) is 16.3 Å². The first kappa shape index (κ1) is 26.4. The summed E-state index contributed by atoms with van der Waals surface area (Å²) >= 11 is 9.19. The quantitative estimate of drug-likeness (QED) is 0.451. The third kappa shape index (κ3) is 4.84. The van der Waals surface area contributed by atoms with Crippen LogP contribution in [0.5, 0.6) is 0 Å². The molecular formula is C25H26BrClF4N2O2. The molecule has 4 nitrogen and oxygen atoms in total. The zero-order valence-corrected chi connectivity index (χ0v) is 21.4. The number of benzene rings is 2. The number of methoxy groups -OCH3 is 1. The molecule has 0 bridgehead atoms. The van der Waals surface area contributed by atoms with Crippen molar-refractivity contribution in [1.82, 2.24) is 10.2 Å². The molecule has 0 aromatic heterocycles. The number of alkyl halides is 3. The number of likely N-dealkylation sites (tertiary alicyclic amines) is 1. The van der Waals surface area contributed by atoms with Crippen LogP contribution in [0.25, 0.3) is 0 Å². The van der Waals surface area contributed by atoms with Crippen molar-refractivity contribution in [2.75, 3.05) is 33.3 Å². The van der Waals surface area contributed by atoms with Crippen LogP contribution in [0.15, 0.2) is 46.9 Å². The maximum absolute atomic E-state index is 14.5. The first-order valence-electron chi connectivity index (χ1n) is 11.4. The van der Waals surface area contributed by atoms with Crippen LogP contribution in [0.3, 0.4) is 0 Å². The predicted octanol–water partition coefficient (Wildman–Crippen LogP) is 6.03. The number of rotatable bonds is 4. The van der Waals surface area contributed by atoms with Gasteiger partial charge in [-0.2, -0.15) is 13.2 Å². The van der Waals surface area contributed by atoms with E-state index in [0.717, 1.165) is 31.7 Å².